The van der Waals surface area contributed by atoms with Crippen LogP contribution < -0.4 is 10.1 Å². The number of methoxy groups -OCH3 is 1. The maximum Gasteiger partial charge on any atom is 0.227 e. The molecule has 0 bridgehead atoms. The van der Waals surface area contributed by atoms with Gasteiger partial charge < -0.3 is 14.5 Å². The van der Waals surface area contributed by atoms with Crippen LogP contribution >= 0.6 is 0 Å². The fraction of sp³-hybridized carbons (Fsp3) is 0.444. The molecule has 0 atom stereocenters. The lowest BCUT2D eigenvalue weighted by molar-refractivity contribution is -0.120. The van der Waals surface area contributed by atoms with E-state index in [2.05, 4.69) is 10.3 Å². The van der Waals surface area contributed by atoms with Crippen LogP contribution in [0.25, 0.3) is 0 Å². The molecule has 1 aromatic carbocycles. The minimum Gasteiger partial charge on any atom is -0.497 e. The predicted octanol–water partition coefficient (Wildman–Crippen LogP) is 3.15. The van der Waals surface area contributed by atoms with Gasteiger partial charge in [0.2, 0.25) is 5.91 Å². The predicted molar refractivity (Wildman–Crippen MR) is 88.5 cm³/mol. The first-order chi connectivity index (χ1) is 10.8. The van der Waals surface area contributed by atoms with Crippen molar-refractivity contribution < 1.29 is 13.9 Å². The Kier molecular flexibility index (Phi) is 5.08. The molecule has 1 aromatic heterocycles. The summed E-state index contributed by atoms with van der Waals surface area (Å²) in [6.45, 7) is 8.44. The Balaban J connectivity index is 1.93. The van der Waals surface area contributed by atoms with Gasteiger partial charge in [-0.3, -0.25) is 4.79 Å². The normalized spacial score (nSPS) is 11.3. The molecule has 0 radical (unpaired) electrons. The van der Waals surface area contributed by atoms with Gasteiger partial charge in [-0.2, -0.15) is 0 Å². The van der Waals surface area contributed by atoms with Gasteiger partial charge in [0.1, 0.15) is 11.5 Å². The summed E-state index contributed by atoms with van der Waals surface area (Å²) in [5.41, 5.74) is 1.63. The van der Waals surface area contributed by atoms with Crippen molar-refractivity contribution in [3.8, 4) is 5.75 Å². The summed E-state index contributed by atoms with van der Waals surface area (Å²) < 4.78 is 10.9. The minimum atomic E-state index is -0.164. The molecule has 0 aliphatic heterocycles. The summed E-state index contributed by atoms with van der Waals surface area (Å²) in [6.07, 6.45) is 0.199. The number of hydrogen-bond donors (Lipinski definition) is 1. The molecule has 124 valence electrons. The zero-order chi connectivity index (χ0) is 17.0. The third kappa shape index (κ3) is 4.58. The maximum atomic E-state index is 12.1. The zero-order valence-electron chi connectivity index (χ0n) is 14.4. The van der Waals surface area contributed by atoms with Gasteiger partial charge in [-0.15, -0.1) is 0 Å². The van der Waals surface area contributed by atoms with E-state index in [0.717, 1.165) is 17.0 Å². The van der Waals surface area contributed by atoms with Gasteiger partial charge in [0, 0.05) is 12.0 Å². The van der Waals surface area contributed by atoms with Crippen LogP contribution in [0.5, 0.6) is 5.75 Å². The van der Waals surface area contributed by atoms with Crippen LogP contribution in [0.3, 0.4) is 0 Å². The van der Waals surface area contributed by atoms with Gasteiger partial charge in [-0.05, 0) is 24.6 Å². The molecule has 0 aliphatic rings. The number of hydrogen-bond acceptors (Lipinski definition) is 4. The van der Waals surface area contributed by atoms with E-state index in [0.29, 0.717) is 18.2 Å². The van der Waals surface area contributed by atoms with Gasteiger partial charge in [0.25, 0.3) is 0 Å². The Morgan fingerprint density at radius 3 is 2.43 bits per heavy atom. The summed E-state index contributed by atoms with van der Waals surface area (Å²) in [6, 6.07) is 7.60. The Morgan fingerprint density at radius 1 is 1.26 bits per heavy atom. The molecule has 1 N–H and O–H groups in total. The third-order valence-electron chi connectivity index (χ3n) is 3.50. The van der Waals surface area contributed by atoms with Crippen LogP contribution in [0.15, 0.2) is 28.7 Å². The fourth-order valence-electron chi connectivity index (χ4n) is 2.07. The lowest BCUT2D eigenvalue weighted by atomic mass is 9.97. The van der Waals surface area contributed by atoms with Crippen LogP contribution in [0, 0.1) is 6.92 Å². The lowest BCUT2D eigenvalue weighted by Crippen LogP contribution is -2.24. The molecule has 23 heavy (non-hydrogen) atoms. The van der Waals surface area contributed by atoms with Crippen LogP contribution in [0.1, 0.15) is 43.7 Å². The number of oxazole rings is 1. The van der Waals surface area contributed by atoms with E-state index in [4.69, 9.17) is 9.15 Å². The van der Waals surface area contributed by atoms with Crippen LogP contribution in [0.4, 0.5) is 0 Å². The van der Waals surface area contributed by atoms with E-state index in [1.807, 2.05) is 52.0 Å². The molecule has 1 amide bonds. The Hall–Kier alpha value is -2.30. The number of amides is 1. The quantitative estimate of drug-likeness (QED) is 0.920. The van der Waals surface area contributed by atoms with Gasteiger partial charge in [-0.1, -0.05) is 32.9 Å². The standard InChI is InChI=1S/C18H24N2O3/c1-12-15(23-17(20-12)18(2,3)4)10-16(21)19-11-13-6-8-14(22-5)9-7-13/h6-9H,10-11H2,1-5H3,(H,19,21). The summed E-state index contributed by atoms with van der Waals surface area (Å²) in [5.74, 6) is 2.00. The molecular formula is C18H24N2O3. The molecule has 0 spiro atoms. The highest BCUT2D eigenvalue weighted by molar-refractivity contribution is 5.78. The number of nitrogens with one attached hydrogen (secondary N) is 1. The van der Waals surface area contributed by atoms with Crippen molar-refractivity contribution in [2.45, 2.75) is 46.1 Å². The highest BCUT2D eigenvalue weighted by atomic mass is 16.5. The van der Waals surface area contributed by atoms with Gasteiger partial charge in [0.05, 0.1) is 19.2 Å². The Labute approximate surface area is 137 Å². The number of carbonyl (C=O) groups is 1. The zero-order valence-corrected chi connectivity index (χ0v) is 14.4. The van der Waals surface area contributed by atoms with Crippen molar-refractivity contribution in [2.24, 2.45) is 0 Å². The topological polar surface area (TPSA) is 64.4 Å². The Bertz CT molecular complexity index is 667. The van der Waals surface area contributed by atoms with E-state index in [-0.39, 0.29) is 17.7 Å². The molecule has 0 saturated heterocycles. The van der Waals surface area contributed by atoms with Crippen LogP contribution in [0.2, 0.25) is 0 Å². The summed E-state index contributed by atoms with van der Waals surface area (Å²) in [7, 11) is 1.63. The molecule has 0 saturated carbocycles. The average molecular weight is 316 g/mol. The molecule has 0 fully saturated rings. The van der Waals surface area contributed by atoms with E-state index in [1.165, 1.54) is 0 Å². The first kappa shape index (κ1) is 17.1. The van der Waals surface area contributed by atoms with Crippen LogP contribution in [-0.2, 0) is 23.2 Å². The second-order valence-electron chi connectivity index (χ2n) is 6.58. The minimum absolute atomic E-state index is 0.0828. The van der Waals surface area contributed by atoms with Gasteiger partial charge >= 0.3 is 0 Å². The van der Waals surface area contributed by atoms with E-state index in [9.17, 15) is 4.79 Å². The Morgan fingerprint density at radius 2 is 1.91 bits per heavy atom. The van der Waals surface area contributed by atoms with Crippen molar-refractivity contribution in [1.29, 1.82) is 0 Å². The molecule has 2 rings (SSSR count). The number of aromatic nitrogens is 1. The molecule has 2 aromatic rings. The van der Waals surface area contributed by atoms with Crippen molar-refractivity contribution in [2.75, 3.05) is 7.11 Å². The van der Waals surface area contributed by atoms with E-state index >= 15 is 0 Å². The second-order valence-corrected chi connectivity index (χ2v) is 6.58. The summed E-state index contributed by atoms with van der Waals surface area (Å²) in [4.78, 5) is 16.5. The van der Waals surface area contributed by atoms with Gasteiger partial charge in [0.15, 0.2) is 5.89 Å². The van der Waals surface area contributed by atoms with Crippen LogP contribution in [-0.4, -0.2) is 18.0 Å². The molecule has 5 heteroatoms. The average Bonchev–Trinajstić information content (AvgIpc) is 2.87. The van der Waals surface area contributed by atoms with Crippen molar-refractivity contribution in [3.63, 3.8) is 0 Å². The first-order valence-corrected chi connectivity index (χ1v) is 7.66. The lowest BCUT2D eigenvalue weighted by Gasteiger charge is -2.12. The van der Waals surface area contributed by atoms with Crippen molar-refractivity contribution in [3.05, 3.63) is 47.2 Å². The second kappa shape index (κ2) is 6.86. The SMILES string of the molecule is COc1ccc(CNC(=O)Cc2oc(C(C)(C)C)nc2C)cc1. The molecule has 1 heterocycles. The number of aryl methyl sites for hydroxylation is 1. The monoisotopic (exact) mass is 316 g/mol. The fourth-order valence-corrected chi connectivity index (χ4v) is 2.07. The number of carbonyl (C=O) groups excluding carboxylic acids is 1. The largest absolute Gasteiger partial charge is 0.497 e. The smallest absolute Gasteiger partial charge is 0.227 e. The van der Waals surface area contributed by atoms with Crippen molar-refractivity contribution >= 4 is 5.91 Å². The maximum absolute atomic E-state index is 12.1. The number of rotatable bonds is 5. The molecule has 0 unspecified atom stereocenters. The number of benzene rings is 1. The summed E-state index contributed by atoms with van der Waals surface area (Å²) in [5, 5.41) is 2.89. The molecule has 5 nitrogen and oxygen atoms in total. The highest BCUT2D eigenvalue weighted by Gasteiger charge is 2.23. The highest BCUT2D eigenvalue weighted by Crippen LogP contribution is 2.24. The summed E-state index contributed by atoms with van der Waals surface area (Å²) >= 11 is 0. The van der Waals surface area contributed by atoms with Crippen molar-refractivity contribution in [1.82, 2.24) is 10.3 Å². The molecular weight excluding hydrogens is 292 g/mol. The third-order valence-corrected chi connectivity index (χ3v) is 3.50. The molecule has 0 aliphatic carbocycles. The number of nitrogens with zero attached hydrogens (tertiary/aromatic N) is 1. The first-order valence-electron chi connectivity index (χ1n) is 7.66. The van der Waals surface area contributed by atoms with E-state index in [1.54, 1.807) is 7.11 Å². The number of ether oxygens (including phenoxy) is 1. The van der Waals surface area contributed by atoms with Gasteiger partial charge in [-0.25, -0.2) is 4.98 Å². The van der Waals surface area contributed by atoms with E-state index < -0.39 is 0 Å².